The Morgan fingerprint density at radius 2 is 2.06 bits per heavy atom. The molecule has 0 aliphatic heterocycles. The molecule has 0 unspecified atom stereocenters. The molecule has 4 nitrogen and oxygen atoms in total. The van der Waals surface area contributed by atoms with Crippen LogP contribution in [0.15, 0.2) is 12.3 Å². The topological polar surface area (TPSA) is 52.1 Å². The Labute approximate surface area is 108 Å². The molecule has 0 saturated heterocycles. The Morgan fingerprint density at radius 1 is 1.39 bits per heavy atom. The summed E-state index contributed by atoms with van der Waals surface area (Å²) in [5.74, 6) is 0.782. The molecule has 1 saturated carbocycles. The van der Waals surface area contributed by atoms with E-state index in [1.165, 1.54) is 32.8 Å². The highest BCUT2D eigenvalue weighted by Crippen LogP contribution is 2.33. The highest BCUT2D eigenvalue weighted by molar-refractivity contribution is 5.80. The fourth-order valence-electron chi connectivity index (χ4n) is 2.47. The van der Waals surface area contributed by atoms with Gasteiger partial charge in [-0.1, -0.05) is 12.8 Å². The van der Waals surface area contributed by atoms with Crippen LogP contribution in [0.3, 0.4) is 0 Å². The maximum Gasteiger partial charge on any atom is 0.318 e. The van der Waals surface area contributed by atoms with Gasteiger partial charge >= 0.3 is 5.97 Å². The molecule has 1 aromatic rings. The number of hydrogen-bond donors (Lipinski definition) is 0. The Balaban J connectivity index is 2.28. The average Bonchev–Trinajstić information content (AvgIpc) is 2.91. The minimum Gasteiger partial charge on any atom is -0.468 e. The first-order valence-electron chi connectivity index (χ1n) is 6.47. The Hall–Kier alpha value is -1.45. The molecule has 0 atom stereocenters. The number of nitrogens with zero attached hydrogens (tertiary/aromatic N) is 2. The Morgan fingerprint density at radius 3 is 2.67 bits per heavy atom. The largest absolute Gasteiger partial charge is 0.468 e. The second kappa shape index (κ2) is 5.04. The minimum atomic E-state index is -0.788. The van der Waals surface area contributed by atoms with Crippen molar-refractivity contribution in [3.8, 4) is 0 Å². The fourth-order valence-corrected chi connectivity index (χ4v) is 2.47. The summed E-state index contributed by atoms with van der Waals surface area (Å²) in [6.45, 7) is 3.60. The molecule has 0 spiro atoms. The van der Waals surface area contributed by atoms with Crippen LogP contribution >= 0.6 is 0 Å². The second-order valence-electron chi connectivity index (χ2n) is 5.40. The lowest BCUT2D eigenvalue weighted by Crippen LogP contribution is -2.32. The lowest BCUT2D eigenvalue weighted by atomic mass is 9.92. The first-order chi connectivity index (χ1) is 8.55. The van der Waals surface area contributed by atoms with E-state index in [0.29, 0.717) is 11.7 Å². The minimum absolute atomic E-state index is 0.300. The van der Waals surface area contributed by atoms with Crippen molar-refractivity contribution in [1.82, 2.24) is 9.97 Å². The number of carbonyl (C=O) groups is 1. The molecular formula is C14H20N2O2. The summed E-state index contributed by atoms with van der Waals surface area (Å²) in [6.07, 6.45) is 6.67. The van der Waals surface area contributed by atoms with Gasteiger partial charge in [-0.25, -0.2) is 9.97 Å². The molecule has 4 heteroatoms. The first-order valence-corrected chi connectivity index (χ1v) is 6.47. The molecule has 1 aliphatic carbocycles. The van der Waals surface area contributed by atoms with E-state index < -0.39 is 5.41 Å². The smallest absolute Gasteiger partial charge is 0.318 e. The predicted molar refractivity (Wildman–Crippen MR) is 68.3 cm³/mol. The molecule has 1 aliphatic rings. The number of aromatic nitrogens is 2. The van der Waals surface area contributed by atoms with E-state index in [4.69, 9.17) is 4.74 Å². The molecule has 0 aromatic carbocycles. The van der Waals surface area contributed by atoms with Crippen LogP contribution in [0.1, 0.15) is 57.0 Å². The molecule has 0 radical (unpaired) electrons. The van der Waals surface area contributed by atoms with Crippen LogP contribution in [0.25, 0.3) is 0 Å². The summed E-state index contributed by atoms with van der Waals surface area (Å²) in [6, 6.07) is 1.97. The predicted octanol–water partition coefficient (Wildman–Crippen LogP) is 2.58. The van der Waals surface area contributed by atoms with Crippen molar-refractivity contribution in [3.05, 3.63) is 23.8 Å². The maximum absolute atomic E-state index is 11.8. The summed E-state index contributed by atoms with van der Waals surface area (Å²) < 4.78 is 4.82. The van der Waals surface area contributed by atoms with Crippen LogP contribution in [0, 0.1) is 0 Å². The van der Waals surface area contributed by atoms with Crippen molar-refractivity contribution in [2.24, 2.45) is 0 Å². The van der Waals surface area contributed by atoms with Crippen molar-refractivity contribution in [3.63, 3.8) is 0 Å². The zero-order chi connectivity index (χ0) is 13.2. The van der Waals surface area contributed by atoms with Gasteiger partial charge in [-0.15, -0.1) is 0 Å². The molecule has 2 rings (SSSR count). The zero-order valence-corrected chi connectivity index (χ0v) is 11.3. The Kier molecular flexibility index (Phi) is 3.64. The molecule has 0 bridgehead atoms. The fraction of sp³-hybridized carbons (Fsp3) is 0.643. The SMILES string of the molecule is COC(=O)C(C)(C)c1nccc(C2CCCC2)n1. The third-order valence-electron chi connectivity index (χ3n) is 3.71. The number of esters is 1. The van der Waals surface area contributed by atoms with Crippen LogP contribution in [-0.2, 0) is 14.9 Å². The molecular weight excluding hydrogens is 228 g/mol. The molecule has 0 N–H and O–H groups in total. The van der Waals surface area contributed by atoms with E-state index in [1.54, 1.807) is 20.0 Å². The van der Waals surface area contributed by atoms with Crippen molar-refractivity contribution in [2.75, 3.05) is 7.11 Å². The van der Waals surface area contributed by atoms with E-state index >= 15 is 0 Å². The second-order valence-corrected chi connectivity index (χ2v) is 5.40. The van der Waals surface area contributed by atoms with Gasteiger partial charge in [-0.3, -0.25) is 4.79 Å². The summed E-state index contributed by atoms with van der Waals surface area (Å²) in [4.78, 5) is 20.6. The van der Waals surface area contributed by atoms with Crippen molar-refractivity contribution in [1.29, 1.82) is 0 Å². The highest BCUT2D eigenvalue weighted by Gasteiger charge is 2.34. The molecule has 98 valence electrons. The summed E-state index contributed by atoms with van der Waals surface area (Å²) in [5, 5.41) is 0. The molecule has 0 amide bonds. The van der Waals surface area contributed by atoms with Gasteiger partial charge in [0.05, 0.1) is 7.11 Å². The summed E-state index contributed by atoms with van der Waals surface area (Å²) in [7, 11) is 1.39. The normalized spacial score (nSPS) is 16.8. The number of methoxy groups -OCH3 is 1. The van der Waals surface area contributed by atoms with Gasteiger partial charge in [0.25, 0.3) is 0 Å². The molecule has 1 heterocycles. The van der Waals surface area contributed by atoms with Gasteiger partial charge in [-0.2, -0.15) is 0 Å². The zero-order valence-electron chi connectivity index (χ0n) is 11.3. The first kappa shape index (κ1) is 13.0. The standard InChI is InChI=1S/C14H20N2O2/c1-14(2,13(17)18-3)12-15-9-8-11(16-12)10-6-4-5-7-10/h8-10H,4-7H2,1-3H3. The van der Waals surface area contributed by atoms with E-state index in [9.17, 15) is 4.79 Å². The number of rotatable bonds is 3. The van der Waals surface area contributed by atoms with E-state index in [2.05, 4.69) is 9.97 Å². The van der Waals surface area contributed by atoms with E-state index in [-0.39, 0.29) is 5.97 Å². The third-order valence-corrected chi connectivity index (χ3v) is 3.71. The van der Waals surface area contributed by atoms with Crippen molar-refractivity contribution < 1.29 is 9.53 Å². The van der Waals surface area contributed by atoms with Crippen LogP contribution in [0.4, 0.5) is 0 Å². The van der Waals surface area contributed by atoms with Gasteiger partial charge in [0.2, 0.25) is 0 Å². The summed E-state index contributed by atoms with van der Waals surface area (Å²) in [5.41, 5.74) is 0.276. The lowest BCUT2D eigenvalue weighted by Gasteiger charge is -2.21. The Bertz CT molecular complexity index is 437. The maximum atomic E-state index is 11.8. The molecule has 18 heavy (non-hydrogen) atoms. The van der Waals surface area contributed by atoms with Crippen LogP contribution in [0.2, 0.25) is 0 Å². The molecule has 1 aromatic heterocycles. The number of ether oxygens (including phenoxy) is 1. The third kappa shape index (κ3) is 2.37. The van der Waals surface area contributed by atoms with E-state index in [0.717, 1.165) is 5.69 Å². The number of hydrogen-bond acceptors (Lipinski definition) is 4. The lowest BCUT2D eigenvalue weighted by molar-refractivity contribution is -0.146. The number of carbonyl (C=O) groups excluding carboxylic acids is 1. The van der Waals surface area contributed by atoms with Gasteiger partial charge in [0.1, 0.15) is 11.2 Å². The van der Waals surface area contributed by atoms with Crippen LogP contribution in [0.5, 0.6) is 0 Å². The van der Waals surface area contributed by atoms with Gasteiger partial charge < -0.3 is 4.74 Å². The van der Waals surface area contributed by atoms with Gasteiger partial charge in [0, 0.05) is 17.8 Å². The monoisotopic (exact) mass is 248 g/mol. The van der Waals surface area contributed by atoms with Crippen LogP contribution < -0.4 is 0 Å². The van der Waals surface area contributed by atoms with E-state index in [1.807, 2.05) is 6.07 Å². The highest BCUT2D eigenvalue weighted by atomic mass is 16.5. The van der Waals surface area contributed by atoms with Crippen molar-refractivity contribution in [2.45, 2.75) is 50.9 Å². The van der Waals surface area contributed by atoms with Gasteiger partial charge in [-0.05, 0) is 32.8 Å². The average molecular weight is 248 g/mol. The van der Waals surface area contributed by atoms with Crippen LogP contribution in [-0.4, -0.2) is 23.0 Å². The molecule has 1 fully saturated rings. The van der Waals surface area contributed by atoms with Crippen molar-refractivity contribution >= 4 is 5.97 Å². The van der Waals surface area contributed by atoms with Gasteiger partial charge in [0.15, 0.2) is 0 Å². The quantitative estimate of drug-likeness (QED) is 0.771. The summed E-state index contributed by atoms with van der Waals surface area (Å²) >= 11 is 0.